The molecule has 0 unspecified atom stereocenters. The summed E-state index contributed by atoms with van der Waals surface area (Å²) in [7, 11) is 0. The van der Waals surface area contributed by atoms with Crippen molar-refractivity contribution in [2.24, 2.45) is 29.6 Å². The Balaban J connectivity index is 1.41. The van der Waals surface area contributed by atoms with Gasteiger partial charge in [0.15, 0.2) is 0 Å². The summed E-state index contributed by atoms with van der Waals surface area (Å²) in [6, 6.07) is -0.416. The molecule has 0 aromatic carbocycles. The maximum atomic E-state index is 12.5. The van der Waals surface area contributed by atoms with Crippen LogP contribution in [0.3, 0.4) is 0 Å². The number of rotatable bonds is 7. The molecular formula is C21H32N2O5. The second kappa shape index (κ2) is 8.97. The van der Waals surface area contributed by atoms with Gasteiger partial charge < -0.3 is 14.8 Å². The molecule has 28 heavy (non-hydrogen) atoms. The first-order valence-electron chi connectivity index (χ1n) is 10.4. The van der Waals surface area contributed by atoms with Crippen molar-refractivity contribution < 1.29 is 23.9 Å². The molecule has 7 nitrogen and oxygen atoms in total. The van der Waals surface area contributed by atoms with Crippen LogP contribution in [0.5, 0.6) is 0 Å². The van der Waals surface area contributed by atoms with Crippen molar-refractivity contribution >= 4 is 18.1 Å². The highest BCUT2D eigenvalue weighted by atomic mass is 16.6. The van der Waals surface area contributed by atoms with Crippen molar-refractivity contribution in [3.63, 3.8) is 0 Å². The zero-order valence-corrected chi connectivity index (χ0v) is 16.9. The third kappa shape index (κ3) is 4.67. The molecule has 4 saturated carbocycles. The molecule has 7 heteroatoms. The number of nitrogens with one attached hydrogen (secondary N) is 1. The molecule has 4 fully saturated rings. The standard InChI is InChI=1S/C21H32N2O5/c1-4-23(21(26)28-6-5-27-19(24)13(2)3)20(25)22-12-18-16-8-14-7-15(10-16)11-17(18)9-14/h14-18H,2,4-12H2,1,3H3,(H,22,25). The Labute approximate surface area is 166 Å². The van der Waals surface area contributed by atoms with Crippen LogP contribution in [0.25, 0.3) is 0 Å². The molecule has 4 bridgehead atoms. The molecule has 1 N–H and O–H groups in total. The maximum absolute atomic E-state index is 12.5. The predicted octanol–water partition coefficient (Wildman–Crippen LogP) is 3.35. The Hall–Kier alpha value is -2.05. The highest BCUT2D eigenvalue weighted by Crippen LogP contribution is 2.56. The van der Waals surface area contributed by atoms with Crippen LogP contribution in [-0.4, -0.2) is 49.3 Å². The van der Waals surface area contributed by atoms with Gasteiger partial charge in [0.1, 0.15) is 13.2 Å². The highest BCUT2D eigenvalue weighted by Gasteiger charge is 2.48. The minimum atomic E-state index is -0.726. The number of ether oxygens (including phenoxy) is 2. The molecule has 0 aliphatic heterocycles. The molecule has 156 valence electrons. The summed E-state index contributed by atoms with van der Waals surface area (Å²) in [5.41, 5.74) is 0.283. The molecule has 0 saturated heterocycles. The van der Waals surface area contributed by atoms with E-state index >= 15 is 0 Å². The van der Waals surface area contributed by atoms with Crippen molar-refractivity contribution in [3.05, 3.63) is 12.2 Å². The quantitative estimate of drug-likeness (QED) is 0.408. The fraction of sp³-hybridized carbons (Fsp3) is 0.762. The van der Waals surface area contributed by atoms with Crippen molar-refractivity contribution in [1.29, 1.82) is 0 Å². The van der Waals surface area contributed by atoms with E-state index in [1.807, 2.05) is 0 Å². The fourth-order valence-corrected chi connectivity index (χ4v) is 5.49. The Morgan fingerprint density at radius 3 is 2.11 bits per heavy atom. The third-order valence-electron chi connectivity index (χ3n) is 6.58. The lowest BCUT2D eigenvalue weighted by Gasteiger charge is -2.54. The number of carbonyl (C=O) groups excluding carboxylic acids is 3. The lowest BCUT2D eigenvalue weighted by Crippen LogP contribution is -2.51. The van der Waals surface area contributed by atoms with Gasteiger partial charge in [0.25, 0.3) is 0 Å². The normalized spacial score (nSPS) is 29.9. The van der Waals surface area contributed by atoms with E-state index in [1.54, 1.807) is 13.8 Å². The van der Waals surface area contributed by atoms with E-state index in [2.05, 4.69) is 11.9 Å². The number of imide groups is 1. The molecule has 0 aromatic rings. The van der Waals surface area contributed by atoms with Crippen molar-refractivity contribution in [1.82, 2.24) is 10.2 Å². The molecule has 4 aliphatic rings. The van der Waals surface area contributed by atoms with E-state index in [-0.39, 0.29) is 25.3 Å². The van der Waals surface area contributed by atoms with Gasteiger partial charge in [0, 0.05) is 18.7 Å². The number of carbonyl (C=O) groups is 3. The average molecular weight is 392 g/mol. The number of hydrogen-bond acceptors (Lipinski definition) is 5. The van der Waals surface area contributed by atoms with Crippen LogP contribution in [0.1, 0.15) is 46.0 Å². The van der Waals surface area contributed by atoms with Gasteiger partial charge in [0.05, 0.1) is 0 Å². The van der Waals surface area contributed by atoms with E-state index in [1.165, 1.54) is 32.1 Å². The summed E-state index contributed by atoms with van der Waals surface area (Å²) in [5.74, 6) is 3.25. The highest BCUT2D eigenvalue weighted by molar-refractivity contribution is 5.90. The van der Waals surface area contributed by atoms with Crippen LogP contribution in [0.15, 0.2) is 12.2 Å². The van der Waals surface area contributed by atoms with Crippen LogP contribution >= 0.6 is 0 Å². The topological polar surface area (TPSA) is 84.9 Å². The number of hydrogen-bond donors (Lipinski definition) is 1. The molecule has 0 heterocycles. The number of esters is 1. The Bertz CT molecular complexity index is 604. The molecule has 0 aromatic heterocycles. The number of amides is 3. The summed E-state index contributed by atoms with van der Waals surface area (Å²) in [6.45, 7) is 7.43. The maximum Gasteiger partial charge on any atom is 0.418 e. The van der Waals surface area contributed by atoms with Gasteiger partial charge >= 0.3 is 18.1 Å². The third-order valence-corrected chi connectivity index (χ3v) is 6.58. The van der Waals surface area contributed by atoms with E-state index in [4.69, 9.17) is 9.47 Å². The first-order valence-corrected chi connectivity index (χ1v) is 10.4. The molecule has 4 rings (SSSR count). The first-order chi connectivity index (χ1) is 13.4. The van der Waals surface area contributed by atoms with E-state index in [9.17, 15) is 14.4 Å². The molecule has 0 radical (unpaired) electrons. The van der Waals surface area contributed by atoms with E-state index in [0.29, 0.717) is 12.5 Å². The largest absolute Gasteiger partial charge is 0.459 e. The van der Waals surface area contributed by atoms with Gasteiger partial charge in [-0.1, -0.05) is 6.58 Å². The fourth-order valence-electron chi connectivity index (χ4n) is 5.49. The van der Waals surface area contributed by atoms with Gasteiger partial charge in [-0.05, 0) is 75.5 Å². The number of nitrogens with zero attached hydrogens (tertiary/aromatic N) is 1. The monoisotopic (exact) mass is 392 g/mol. The second-order valence-electron chi connectivity index (χ2n) is 8.56. The number of urea groups is 1. The first kappa shape index (κ1) is 20.7. The smallest absolute Gasteiger partial charge is 0.418 e. The van der Waals surface area contributed by atoms with Crippen molar-refractivity contribution in [3.8, 4) is 0 Å². The van der Waals surface area contributed by atoms with E-state index < -0.39 is 18.1 Å². The summed E-state index contributed by atoms with van der Waals surface area (Å²) in [4.78, 5) is 37.0. The van der Waals surface area contributed by atoms with Crippen molar-refractivity contribution in [2.45, 2.75) is 46.0 Å². The lowest BCUT2D eigenvalue weighted by atomic mass is 9.52. The molecule has 0 spiro atoms. The Morgan fingerprint density at radius 2 is 1.57 bits per heavy atom. The predicted molar refractivity (Wildman–Crippen MR) is 103 cm³/mol. The zero-order chi connectivity index (χ0) is 20.3. The van der Waals surface area contributed by atoms with Gasteiger partial charge in [-0.3, -0.25) is 0 Å². The van der Waals surface area contributed by atoms with Crippen LogP contribution < -0.4 is 5.32 Å². The van der Waals surface area contributed by atoms with Gasteiger partial charge in [-0.2, -0.15) is 0 Å². The molecular weight excluding hydrogens is 360 g/mol. The van der Waals surface area contributed by atoms with Gasteiger partial charge in [-0.25, -0.2) is 19.3 Å². The minimum absolute atomic E-state index is 0.0651. The minimum Gasteiger partial charge on any atom is -0.459 e. The van der Waals surface area contributed by atoms with Crippen LogP contribution in [0, 0.1) is 29.6 Å². The zero-order valence-electron chi connectivity index (χ0n) is 16.9. The average Bonchev–Trinajstić information content (AvgIpc) is 2.64. The second-order valence-corrected chi connectivity index (χ2v) is 8.56. The van der Waals surface area contributed by atoms with Gasteiger partial charge in [-0.15, -0.1) is 0 Å². The molecule has 0 atom stereocenters. The van der Waals surface area contributed by atoms with Crippen LogP contribution in [0.2, 0.25) is 0 Å². The van der Waals surface area contributed by atoms with Crippen LogP contribution in [0.4, 0.5) is 9.59 Å². The summed E-state index contributed by atoms with van der Waals surface area (Å²) >= 11 is 0. The Kier molecular flexibility index (Phi) is 6.62. The Morgan fingerprint density at radius 1 is 1.00 bits per heavy atom. The SMILES string of the molecule is C=C(C)C(=O)OCCOC(=O)N(CC)C(=O)NCC1C2CC3CC(C2)CC1C3. The summed E-state index contributed by atoms with van der Waals surface area (Å²) < 4.78 is 9.93. The molecule has 3 amide bonds. The van der Waals surface area contributed by atoms with E-state index in [0.717, 1.165) is 28.6 Å². The van der Waals surface area contributed by atoms with Crippen molar-refractivity contribution in [2.75, 3.05) is 26.3 Å². The summed E-state index contributed by atoms with van der Waals surface area (Å²) in [5, 5.41) is 2.96. The lowest BCUT2D eigenvalue weighted by molar-refractivity contribution is -0.140. The molecule has 4 aliphatic carbocycles. The van der Waals surface area contributed by atoms with Gasteiger partial charge in [0.2, 0.25) is 0 Å². The summed E-state index contributed by atoms with van der Waals surface area (Å²) in [6.07, 6.45) is 5.89. The van der Waals surface area contributed by atoms with Crippen LogP contribution in [-0.2, 0) is 14.3 Å².